The van der Waals surface area contributed by atoms with Crippen molar-refractivity contribution in [3.63, 3.8) is 0 Å². The van der Waals surface area contributed by atoms with Crippen molar-refractivity contribution in [2.24, 2.45) is 5.41 Å². The van der Waals surface area contributed by atoms with Crippen molar-refractivity contribution in [3.05, 3.63) is 87.6 Å². The molecule has 1 fully saturated rings. The zero-order chi connectivity index (χ0) is 31.4. The van der Waals surface area contributed by atoms with E-state index in [0.29, 0.717) is 30.4 Å². The number of carbonyl (C=O) groups is 3. The Labute approximate surface area is 262 Å². The normalized spacial score (nSPS) is 15.4. The van der Waals surface area contributed by atoms with Gasteiger partial charge in [-0.3, -0.25) is 14.4 Å². The van der Waals surface area contributed by atoms with Crippen molar-refractivity contribution in [1.82, 2.24) is 10.3 Å². The number of halogens is 1. The van der Waals surface area contributed by atoms with Crippen molar-refractivity contribution in [2.75, 3.05) is 29.9 Å². The molecule has 44 heavy (non-hydrogen) atoms. The van der Waals surface area contributed by atoms with Gasteiger partial charge in [-0.2, -0.15) is 0 Å². The van der Waals surface area contributed by atoms with Crippen LogP contribution in [0.5, 0.6) is 0 Å². The Hall–Kier alpha value is -4.11. The molecule has 2 amide bonds. The fraction of sp³-hybridized carbons (Fsp3) is 0.412. The van der Waals surface area contributed by atoms with E-state index in [1.54, 1.807) is 26.0 Å². The highest BCUT2D eigenvalue weighted by atomic mass is 35.5. The van der Waals surface area contributed by atoms with Crippen molar-refractivity contribution in [2.45, 2.75) is 65.2 Å². The minimum absolute atomic E-state index is 0.155. The van der Waals surface area contributed by atoms with Crippen LogP contribution in [-0.4, -0.2) is 47.5 Å². The standard InChI is InChI=1S/C34H39ClN4O5/c1-21-7-4-5-9-24(21)17-22-8-6-15-39(16-12-22)29-19-26(35)25(30(40)36-14-13-34(2,3)33(42)43)18-27(29)37-31(41)28-20-44-32(38-28)23-10-11-23/h4-5,7-9,18-20,23H,6,10-17H2,1-3H3,(H,36,40)(H,37,41)(H,42,43). The van der Waals surface area contributed by atoms with Gasteiger partial charge in [0.1, 0.15) is 6.26 Å². The number of anilines is 2. The third kappa shape index (κ3) is 7.50. The second-order valence-electron chi connectivity index (χ2n) is 12.3. The Morgan fingerprint density at radius 2 is 1.91 bits per heavy atom. The minimum Gasteiger partial charge on any atom is -0.481 e. The first-order valence-corrected chi connectivity index (χ1v) is 15.5. The number of aromatic nitrogens is 1. The quantitative estimate of drug-likeness (QED) is 0.203. The number of hydrogen-bond donors (Lipinski definition) is 3. The van der Waals surface area contributed by atoms with Gasteiger partial charge < -0.3 is 25.1 Å². The van der Waals surface area contributed by atoms with E-state index in [0.717, 1.165) is 32.1 Å². The van der Waals surface area contributed by atoms with E-state index in [1.165, 1.54) is 23.0 Å². The highest BCUT2D eigenvalue weighted by Gasteiger charge is 2.30. The van der Waals surface area contributed by atoms with Crippen LogP contribution in [0.1, 0.15) is 89.7 Å². The molecule has 0 bridgehead atoms. The monoisotopic (exact) mass is 618 g/mol. The van der Waals surface area contributed by atoms with E-state index in [1.807, 2.05) is 6.07 Å². The van der Waals surface area contributed by atoms with Crippen LogP contribution >= 0.6 is 11.6 Å². The van der Waals surface area contributed by atoms with Crippen molar-refractivity contribution >= 4 is 40.8 Å². The summed E-state index contributed by atoms with van der Waals surface area (Å²) in [5.74, 6) is -0.996. The molecule has 9 nitrogen and oxygen atoms in total. The van der Waals surface area contributed by atoms with E-state index in [9.17, 15) is 19.5 Å². The summed E-state index contributed by atoms with van der Waals surface area (Å²) < 4.78 is 5.53. The van der Waals surface area contributed by atoms with Gasteiger partial charge in [-0.25, -0.2) is 4.98 Å². The molecule has 3 N–H and O–H groups in total. The van der Waals surface area contributed by atoms with Crippen LogP contribution in [-0.2, 0) is 11.2 Å². The first kappa shape index (κ1) is 31.3. The average Bonchev–Trinajstić information content (AvgIpc) is 3.76. The van der Waals surface area contributed by atoms with Gasteiger partial charge in [0.15, 0.2) is 11.6 Å². The molecule has 2 aliphatic rings. The molecule has 0 spiro atoms. The SMILES string of the molecule is Cc1ccccc1CC1=CCCN(c2cc(Cl)c(C(=O)NCCC(C)(C)C(=O)O)cc2NC(=O)c2coc(C3CC3)n2)CC1. The molecule has 2 aromatic carbocycles. The number of oxazole rings is 1. The fourth-order valence-electron chi connectivity index (χ4n) is 5.26. The molecule has 1 aliphatic heterocycles. The van der Waals surface area contributed by atoms with Crippen molar-refractivity contribution in [1.29, 1.82) is 0 Å². The second-order valence-corrected chi connectivity index (χ2v) is 12.7. The summed E-state index contributed by atoms with van der Waals surface area (Å²) >= 11 is 6.69. The Bertz CT molecular complexity index is 1590. The number of hydrogen-bond acceptors (Lipinski definition) is 6. The summed E-state index contributed by atoms with van der Waals surface area (Å²) in [5, 5.41) is 15.4. The molecule has 0 radical (unpaired) electrons. The van der Waals surface area contributed by atoms with Gasteiger partial charge in [-0.1, -0.05) is 47.5 Å². The number of nitrogens with zero attached hydrogens (tertiary/aromatic N) is 2. The maximum atomic E-state index is 13.3. The van der Waals surface area contributed by atoms with Gasteiger partial charge in [0, 0.05) is 25.6 Å². The molecule has 0 unspecified atom stereocenters. The number of nitrogens with one attached hydrogen (secondary N) is 2. The summed E-state index contributed by atoms with van der Waals surface area (Å²) in [5.41, 5.74) is 4.45. The van der Waals surface area contributed by atoms with E-state index < -0.39 is 23.2 Å². The van der Waals surface area contributed by atoms with Crippen molar-refractivity contribution < 1.29 is 23.9 Å². The third-order valence-corrected chi connectivity index (χ3v) is 8.74. The fourth-order valence-corrected chi connectivity index (χ4v) is 5.50. The number of rotatable bonds is 11. The summed E-state index contributed by atoms with van der Waals surface area (Å²) in [4.78, 5) is 44.5. The van der Waals surface area contributed by atoms with Crippen molar-refractivity contribution in [3.8, 4) is 0 Å². The Kier molecular flexibility index (Phi) is 9.44. The van der Waals surface area contributed by atoms with Crippen LogP contribution in [0.4, 0.5) is 11.4 Å². The average molecular weight is 619 g/mol. The minimum atomic E-state index is -0.990. The number of benzene rings is 2. The lowest BCUT2D eigenvalue weighted by Crippen LogP contribution is -2.32. The number of carboxylic acids is 1. The molecule has 0 saturated heterocycles. The maximum Gasteiger partial charge on any atom is 0.309 e. The molecule has 1 aromatic heterocycles. The zero-order valence-electron chi connectivity index (χ0n) is 25.4. The molecule has 1 saturated carbocycles. The van der Waals surface area contributed by atoms with Crippen LogP contribution < -0.4 is 15.5 Å². The lowest BCUT2D eigenvalue weighted by molar-refractivity contribution is -0.147. The molecular weight excluding hydrogens is 580 g/mol. The highest BCUT2D eigenvalue weighted by Crippen LogP contribution is 2.39. The predicted molar refractivity (Wildman–Crippen MR) is 171 cm³/mol. The molecule has 3 aromatic rings. The number of carboxylic acid groups (broad SMARTS) is 1. The van der Waals surface area contributed by atoms with Crippen LogP contribution in [0.25, 0.3) is 0 Å². The largest absolute Gasteiger partial charge is 0.481 e. The van der Waals surface area contributed by atoms with E-state index in [4.69, 9.17) is 16.0 Å². The topological polar surface area (TPSA) is 125 Å². The molecule has 2 heterocycles. The highest BCUT2D eigenvalue weighted by molar-refractivity contribution is 6.34. The first-order chi connectivity index (χ1) is 21.0. The summed E-state index contributed by atoms with van der Waals surface area (Å²) in [6, 6.07) is 11.7. The van der Waals surface area contributed by atoms with Crippen LogP contribution in [0.15, 0.2) is 58.7 Å². The molecule has 1 aliphatic carbocycles. The first-order valence-electron chi connectivity index (χ1n) is 15.1. The summed E-state index contributed by atoms with van der Waals surface area (Å²) in [7, 11) is 0. The van der Waals surface area contributed by atoms with Gasteiger partial charge in [0.05, 0.1) is 27.4 Å². The molecule has 10 heteroatoms. The van der Waals surface area contributed by atoms with Crippen LogP contribution in [0, 0.1) is 12.3 Å². The van der Waals surface area contributed by atoms with Crippen LogP contribution in [0.3, 0.4) is 0 Å². The number of aliphatic carboxylic acids is 1. The summed E-state index contributed by atoms with van der Waals surface area (Å²) in [6.07, 6.45) is 8.45. The van der Waals surface area contributed by atoms with Gasteiger partial charge in [0.2, 0.25) is 0 Å². The lowest BCUT2D eigenvalue weighted by atomic mass is 9.90. The number of aryl methyl sites for hydroxylation is 1. The van der Waals surface area contributed by atoms with Gasteiger partial charge >= 0.3 is 5.97 Å². The van der Waals surface area contributed by atoms with Gasteiger partial charge in [0.25, 0.3) is 11.8 Å². The van der Waals surface area contributed by atoms with Gasteiger partial charge in [-0.05, 0) is 82.6 Å². The Morgan fingerprint density at radius 1 is 1.14 bits per heavy atom. The molecular formula is C34H39ClN4O5. The van der Waals surface area contributed by atoms with Crippen LogP contribution in [0.2, 0.25) is 5.02 Å². The lowest BCUT2D eigenvalue weighted by Gasteiger charge is -2.27. The third-order valence-electron chi connectivity index (χ3n) is 8.43. The second kappa shape index (κ2) is 13.3. The van der Waals surface area contributed by atoms with E-state index in [2.05, 4.69) is 51.7 Å². The Balaban J connectivity index is 1.36. The molecule has 232 valence electrons. The van der Waals surface area contributed by atoms with E-state index in [-0.39, 0.29) is 35.2 Å². The molecule has 5 rings (SSSR count). The Morgan fingerprint density at radius 3 is 2.64 bits per heavy atom. The number of amides is 2. The zero-order valence-corrected chi connectivity index (χ0v) is 26.2. The van der Waals surface area contributed by atoms with Gasteiger partial charge in [-0.15, -0.1) is 0 Å². The molecule has 0 atom stereocenters. The predicted octanol–water partition coefficient (Wildman–Crippen LogP) is 6.77. The maximum absolute atomic E-state index is 13.3. The summed E-state index contributed by atoms with van der Waals surface area (Å²) in [6.45, 7) is 6.92. The number of carbonyl (C=O) groups excluding carboxylic acids is 2. The van der Waals surface area contributed by atoms with E-state index >= 15 is 0 Å². The smallest absolute Gasteiger partial charge is 0.309 e.